The molecule has 8 heteroatoms. The second-order valence-corrected chi connectivity index (χ2v) is 7.23. The maximum Gasteiger partial charge on any atom is 0.191 e. The number of aliphatic imine (C=N–C) groups is 1. The summed E-state index contributed by atoms with van der Waals surface area (Å²) in [6, 6.07) is 6.35. The molecule has 0 radical (unpaired) electrons. The van der Waals surface area contributed by atoms with Gasteiger partial charge in [0.1, 0.15) is 0 Å². The molecule has 0 aliphatic carbocycles. The summed E-state index contributed by atoms with van der Waals surface area (Å²) in [5.74, 6) is 2.83. The smallest absolute Gasteiger partial charge is 0.191 e. The third kappa shape index (κ3) is 8.18. The minimum absolute atomic E-state index is 0. The van der Waals surface area contributed by atoms with Crippen LogP contribution in [0.1, 0.15) is 26.3 Å². The zero-order valence-electron chi connectivity index (χ0n) is 18.4. The van der Waals surface area contributed by atoms with Crippen molar-refractivity contribution in [2.45, 2.75) is 33.4 Å². The number of morpholine rings is 1. The molecule has 1 aliphatic rings. The lowest BCUT2D eigenvalue weighted by molar-refractivity contribution is 0.00752. The van der Waals surface area contributed by atoms with E-state index >= 15 is 0 Å². The van der Waals surface area contributed by atoms with Crippen molar-refractivity contribution in [1.29, 1.82) is 0 Å². The van der Waals surface area contributed by atoms with Crippen molar-refractivity contribution in [3.63, 3.8) is 0 Å². The molecule has 0 aromatic heterocycles. The molecule has 0 amide bonds. The van der Waals surface area contributed by atoms with Crippen LogP contribution in [-0.4, -0.2) is 70.5 Å². The molecule has 1 saturated heterocycles. The van der Waals surface area contributed by atoms with Gasteiger partial charge in [0.15, 0.2) is 17.5 Å². The monoisotopic (exact) mass is 520 g/mol. The van der Waals surface area contributed by atoms with E-state index in [-0.39, 0.29) is 24.0 Å². The average molecular weight is 520 g/mol. The van der Waals surface area contributed by atoms with Crippen molar-refractivity contribution in [2.24, 2.45) is 10.9 Å². The topological polar surface area (TPSA) is 67.4 Å². The minimum Gasteiger partial charge on any atom is -0.493 e. The SMILES string of the molecule is CCNC(=NCc1ccc(OC)c(OC)c1)NCC(C(C)C)N1CCOCC1.I. The van der Waals surface area contributed by atoms with Gasteiger partial charge in [-0.1, -0.05) is 19.9 Å². The molecule has 1 atom stereocenters. The fraction of sp³-hybridized carbons (Fsp3) is 0.667. The summed E-state index contributed by atoms with van der Waals surface area (Å²) >= 11 is 0. The first-order valence-electron chi connectivity index (χ1n) is 10.1. The molecule has 1 unspecified atom stereocenters. The van der Waals surface area contributed by atoms with Crippen LogP contribution in [0.15, 0.2) is 23.2 Å². The molecule has 1 aromatic rings. The molecule has 2 N–H and O–H groups in total. The maximum atomic E-state index is 5.50. The summed E-state index contributed by atoms with van der Waals surface area (Å²) < 4.78 is 16.2. The normalized spacial score (nSPS) is 16.1. The Balaban J connectivity index is 0.00000420. The number of halogens is 1. The lowest BCUT2D eigenvalue weighted by Gasteiger charge is -2.37. The summed E-state index contributed by atoms with van der Waals surface area (Å²) in [4.78, 5) is 7.26. The summed E-state index contributed by atoms with van der Waals surface area (Å²) in [6.07, 6.45) is 0. The van der Waals surface area contributed by atoms with E-state index in [0.29, 0.717) is 18.5 Å². The Bertz CT molecular complexity index is 622. The minimum atomic E-state index is 0. The Morgan fingerprint density at radius 1 is 1.14 bits per heavy atom. The van der Waals surface area contributed by atoms with Crippen molar-refractivity contribution in [3.05, 3.63) is 23.8 Å². The zero-order valence-corrected chi connectivity index (χ0v) is 20.7. The molecule has 0 saturated carbocycles. The van der Waals surface area contributed by atoms with Gasteiger partial charge in [-0.25, -0.2) is 4.99 Å². The van der Waals surface area contributed by atoms with Crippen LogP contribution >= 0.6 is 24.0 Å². The van der Waals surface area contributed by atoms with Gasteiger partial charge in [0.25, 0.3) is 0 Å². The van der Waals surface area contributed by atoms with Gasteiger partial charge in [-0.3, -0.25) is 4.90 Å². The number of rotatable bonds is 9. The number of nitrogens with one attached hydrogen (secondary N) is 2. The molecular formula is C21H37IN4O3. The van der Waals surface area contributed by atoms with E-state index in [4.69, 9.17) is 19.2 Å². The summed E-state index contributed by atoms with van der Waals surface area (Å²) in [6.45, 7) is 12.5. The maximum absolute atomic E-state index is 5.50. The van der Waals surface area contributed by atoms with Crippen LogP contribution in [0.3, 0.4) is 0 Å². The van der Waals surface area contributed by atoms with E-state index in [2.05, 4.69) is 36.3 Å². The highest BCUT2D eigenvalue weighted by molar-refractivity contribution is 14.0. The van der Waals surface area contributed by atoms with Crippen LogP contribution in [0.25, 0.3) is 0 Å². The molecule has 1 fully saturated rings. The third-order valence-corrected chi connectivity index (χ3v) is 4.97. The molecule has 0 spiro atoms. The lowest BCUT2D eigenvalue weighted by Crippen LogP contribution is -2.52. The van der Waals surface area contributed by atoms with Gasteiger partial charge in [0.2, 0.25) is 0 Å². The first-order chi connectivity index (χ1) is 13.6. The number of methoxy groups -OCH3 is 2. The number of hydrogen-bond acceptors (Lipinski definition) is 5. The predicted molar refractivity (Wildman–Crippen MR) is 129 cm³/mol. The largest absolute Gasteiger partial charge is 0.493 e. The van der Waals surface area contributed by atoms with Crippen LogP contribution in [0.2, 0.25) is 0 Å². The van der Waals surface area contributed by atoms with Crippen molar-refractivity contribution >= 4 is 29.9 Å². The Hall–Kier alpha value is -1.26. The van der Waals surface area contributed by atoms with Crippen molar-refractivity contribution in [3.8, 4) is 11.5 Å². The lowest BCUT2D eigenvalue weighted by atomic mass is 10.0. The van der Waals surface area contributed by atoms with E-state index in [1.54, 1.807) is 14.2 Å². The van der Waals surface area contributed by atoms with Crippen LogP contribution in [-0.2, 0) is 11.3 Å². The Kier molecular flexibility index (Phi) is 12.3. The van der Waals surface area contributed by atoms with E-state index < -0.39 is 0 Å². The quantitative estimate of drug-likeness (QED) is 0.297. The van der Waals surface area contributed by atoms with Crippen LogP contribution in [0, 0.1) is 5.92 Å². The van der Waals surface area contributed by atoms with E-state index in [1.807, 2.05) is 18.2 Å². The van der Waals surface area contributed by atoms with Crippen LogP contribution < -0.4 is 20.1 Å². The van der Waals surface area contributed by atoms with Gasteiger partial charge in [0.05, 0.1) is 34.0 Å². The van der Waals surface area contributed by atoms with Crippen molar-refractivity contribution in [2.75, 3.05) is 53.6 Å². The van der Waals surface area contributed by atoms with Gasteiger partial charge in [-0.2, -0.15) is 0 Å². The summed E-state index contributed by atoms with van der Waals surface area (Å²) in [7, 11) is 3.29. The standard InChI is InChI=1S/C21H36N4O3.HI/c1-6-22-21(23-14-17-7-8-19(26-4)20(13-17)27-5)24-15-18(16(2)3)25-9-11-28-12-10-25;/h7-8,13,16,18H,6,9-12,14-15H2,1-5H3,(H2,22,23,24);1H. The highest BCUT2D eigenvalue weighted by Gasteiger charge is 2.23. The molecule has 1 aromatic carbocycles. The number of hydrogen-bond donors (Lipinski definition) is 2. The molecule has 166 valence electrons. The third-order valence-electron chi connectivity index (χ3n) is 4.97. The molecule has 1 heterocycles. The van der Waals surface area contributed by atoms with Gasteiger partial charge in [-0.05, 0) is 30.5 Å². The van der Waals surface area contributed by atoms with Gasteiger partial charge in [0, 0.05) is 32.2 Å². The number of benzene rings is 1. The zero-order chi connectivity index (χ0) is 20.4. The first-order valence-corrected chi connectivity index (χ1v) is 10.1. The fourth-order valence-electron chi connectivity index (χ4n) is 3.39. The molecular weight excluding hydrogens is 483 g/mol. The Morgan fingerprint density at radius 2 is 1.83 bits per heavy atom. The predicted octanol–water partition coefficient (Wildman–Crippen LogP) is 2.73. The second-order valence-electron chi connectivity index (χ2n) is 7.23. The number of ether oxygens (including phenoxy) is 3. The summed E-state index contributed by atoms with van der Waals surface area (Å²) in [5, 5.41) is 6.86. The van der Waals surface area contributed by atoms with Gasteiger partial charge in [-0.15, -0.1) is 24.0 Å². The first kappa shape index (κ1) is 25.8. The average Bonchev–Trinajstić information content (AvgIpc) is 2.72. The molecule has 7 nitrogen and oxygen atoms in total. The van der Waals surface area contributed by atoms with Crippen LogP contribution in [0.4, 0.5) is 0 Å². The van der Waals surface area contributed by atoms with Crippen molar-refractivity contribution in [1.82, 2.24) is 15.5 Å². The van der Waals surface area contributed by atoms with Crippen LogP contribution in [0.5, 0.6) is 11.5 Å². The van der Waals surface area contributed by atoms with E-state index in [1.165, 1.54) is 0 Å². The van der Waals surface area contributed by atoms with E-state index in [9.17, 15) is 0 Å². The Labute approximate surface area is 192 Å². The number of guanidine groups is 1. The highest BCUT2D eigenvalue weighted by atomic mass is 127. The molecule has 2 rings (SSSR count). The van der Waals surface area contributed by atoms with Gasteiger partial charge >= 0.3 is 0 Å². The van der Waals surface area contributed by atoms with Gasteiger partial charge < -0.3 is 24.8 Å². The van der Waals surface area contributed by atoms with E-state index in [0.717, 1.165) is 62.4 Å². The van der Waals surface area contributed by atoms with Crippen molar-refractivity contribution < 1.29 is 14.2 Å². The molecule has 1 aliphatic heterocycles. The Morgan fingerprint density at radius 3 is 2.41 bits per heavy atom. The molecule has 29 heavy (non-hydrogen) atoms. The summed E-state index contributed by atoms with van der Waals surface area (Å²) in [5.41, 5.74) is 1.07. The molecule has 0 bridgehead atoms. The second kappa shape index (κ2) is 13.9. The fourth-order valence-corrected chi connectivity index (χ4v) is 3.39. The highest BCUT2D eigenvalue weighted by Crippen LogP contribution is 2.27. The number of nitrogens with zero attached hydrogens (tertiary/aromatic N) is 2.